The first-order chi connectivity index (χ1) is 9.25. The van der Waals surface area contributed by atoms with E-state index in [4.69, 9.17) is 19.9 Å². The van der Waals surface area contributed by atoms with Crippen LogP contribution in [0, 0.1) is 5.92 Å². The maximum Gasteiger partial charge on any atom is 0.344 e. The SMILES string of the molecule is Nc1ccccc1OCC(=O)OCC1CCOCC1. The minimum atomic E-state index is -0.366. The number of benzene rings is 1. The van der Waals surface area contributed by atoms with Gasteiger partial charge in [-0.2, -0.15) is 0 Å². The van der Waals surface area contributed by atoms with E-state index in [1.807, 2.05) is 6.07 Å². The number of para-hydroxylation sites is 2. The lowest BCUT2D eigenvalue weighted by molar-refractivity contribution is -0.148. The first kappa shape index (κ1) is 13.7. The van der Waals surface area contributed by atoms with Crippen molar-refractivity contribution < 1.29 is 19.0 Å². The van der Waals surface area contributed by atoms with Gasteiger partial charge in [-0.15, -0.1) is 0 Å². The van der Waals surface area contributed by atoms with Crippen molar-refractivity contribution in [3.8, 4) is 5.75 Å². The summed E-state index contributed by atoms with van der Waals surface area (Å²) in [6, 6.07) is 7.06. The monoisotopic (exact) mass is 265 g/mol. The average Bonchev–Trinajstić information content (AvgIpc) is 2.45. The third-order valence-corrected chi connectivity index (χ3v) is 3.09. The van der Waals surface area contributed by atoms with Crippen LogP contribution in [0.25, 0.3) is 0 Å². The second-order valence-electron chi connectivity index (χ2n) is 4.57. The highest BCUT2D eigenvalue weighted by atomic mass is 16.6. The molecule has 1 aliphatic heterocycles. The van der Waals surface area contributed by atoms with Gasteiger partial charge in [0, 0.05) is 13.2 Å². The summed E-state index contributed by atoms with van der Waals surface area (Å²) in [6.07, 6.45) is 1.89. The van der Waals surface area contributed by atoms with Crippen LogP contribution >= 0.6 is 0 Å². The standard InChI is InChI=1S/C14H19NO4/c15-12-3-1-2-4-13(12)18-10-14(16)19-9-11-5-7-17-8-6-11/h1-4,11H,5-10,15H2. The van der Waals surface area contributed by atoms with Gasteiger partial charge in [0.1, 0.15) is 5.75 Å². The third-order valence-electron chi connectivity index (χ3n) is 3.09. The summed E-state index contributed by atoms with van der Waals surface area (Å²) < 4.78 is 15.7. The second kappa shape index (κ2) is 6.99. The number of nitrogens with two attached hydrogens (primary N) is 1. The molecule has 1 aromatic rings. The van der Waals surface area contributed by atoms with Crippen LogP contribution in [0.5, 0.6) is 5.75 Å². The van der Waals surface area contributed by atoms with Gasteiger partial charge < -0.3 is 19.9 Å². The van der Waals surface area contributed by atoms with Crippen LogP contribution in [0.2, 0.25) is 0 Å². The van der Waals surface area contributed by atoms with Gasteiger partial charge in [0.2, 0.25) is 0 Å². The van der Waals surface area contributed by atoms with Gasteiger partial charge in [-0.25, -0.2) is 4.79 Å². The Balaban J connectivity index is 1.68. The molecule has 2 N–H and O–H groups in total. The Labute approximate surface area is 112 Å². The topological polar surface area (TPSA) is 70.8 Å². The first-order valence-corrected chi connectivity index (χ1v) is 6.46. The van der Waals surface area contributed by atoms with Gasteiger partial charge in [0.15, 0.2) is 6.61 Å². The highest BCUT2D eigenvalue weighted by Gasteiger charge is 2.16. The Hall–Kier alpha value is -1.75. The van der Waals surface area contributed by atoms with Gasteiger partial charge >= 0.3 is 5.97 Å². The Morgan fingerprint density at radius 2 is 2.05 bits per heavy atom. The molecule has 0 saturated carbocycles. The Bertz CT molecular complexity index is 416. The molecule has 0 bridgehead atoms. The molecule has 0 radical (unpaired) electrons. The van der Waals surface area contributed by atoms with Gasteiger partial charge in [-0.3, -0.25) is 0 Å². The molecule has 1 fully saturated rings. The van der Waals surface area contributed by atoms with E-state index in [0.29, 0.717) is 24.0 Å². The van der Waals surface area contributed by atoms with E-state index >= 15 is 0 Å². The predicted octanol–water partition coefficient (Wildman–Crippen LogP) is 1.62. The third kappa shape index (κ3) is 4.44. The lowest BCUT2D eigenvalue weighted by Gasteiger charge is -2.21. The molecule has 0 amide bonds. The average molecular weight is 265 g/mol. The zero-order valence-corrected chi connectivity index (χ0v) is 10.8. The van der Waals surface area contributed by atoms with Gasteiger partial charge in [0.05, 0.1) is 12.3 Å². The molecule has 1 saturated heterocycles. The van der Waals surface area contributed by atoms with Crippen molar-refractivity contribution in [3.63, 3.8) is 0 Å². The van der Waals surface area contributed by atoms with Crippen LogP contribution in [0.4, 0.5) is 5.69 Å². The Morgan fingerprint density at radius 1 is 1.32 bits per heavy atom. The highest BCUT2D eigenvalue weighted by molar-refractivity contribution is 5.71. The molecule has 5 heteroatoms. The van der Waals surface area contributed by atoms with Gasteiger partial charge in [-0.05, 0) is 30.9 Å². The van der Waals surface area contributed by atoms with E-state index in [1.54, 1.807) is 18.2 Å². The Kier molecular flexibility index (Phi) is 5.03. The molecule has 0 aliphatic carbocycles. The van der Waals surface area contributed by atoms with Crippen LogP contribution < -0.4 is 10.5 Å². The van der Waals surface area contributed by atoms with Crippen molar-refractivity contribution >= 4 is 11.7 Å². The van der Waals surface area contributed by atoms with Crippen LogP contribution in [0.3, 0.4) is 0 Å². The lowest BCUT2D eigenvalue weighted by atomic mass is 10.0. The molecule has 104 valence electrons. The molecule has 1 aromatic carbocycles. The molecule has 1 heterocycles. The molecular formula is C14H19NO4. The fourth-order valence-electron chi connectivity index (χ4n) is 1.91. The van der Waals surface area contributed by atoms with E-state index in [9.17, 15) is 4.79 Å². The molecule has 2 rings (SSSR count). The molecule has 5 nitrogen and oxygen atoms in total. The summed E-state index contributed by atoms with van der Waals surface area (Å²) in [4.78, 5) is 11.6. The van der Waals surface area contributed by atoms with E-state index in [2.05, 4.69) is 0 Å². The number of carbonyl (C=O) groups excluding carboxylic acids is 1. The summed E-state index contributed by atoms with van der Waals surface area (Å²) >= 11 is 0. The van der Waals surface area contributed by atoms with Crippen LogP contribution in [0.1, 0.15) is 12.8 Å². The number of hydrogen-bond donors (Lipinski definition) is 1. The van der Waals surface area contributed by atoms with Crippen molar-refractivity contribution in [1.82, 2.24) is 0 Å². The van der Waals surface area contributed by atoms with Crippen molar-refractivity contribution in [2.45, 2.75) is 12.8 Å². The van der Waals surface area contributed by atoms with E-state index in [0.717, 1.165) is 26.1 Å². The number of anilines is 1. The fraction of sp³-hybridized carbons (Fsp3) is 0.500. The maximum atomic E-state index is 11.6. The normalized spacial score (nSPS) is 16.0. The second-order valence-corrected chi connectivity index (χ2v) is 4.57. The number of ether oxygens (including phenoxy) is 3. The number of nitrogen functional groups attached to an aromatic ring is 1. The number of hydrogen-bond acceptors (Lipinski definition) is 5. The maximum absolute atomic E-state index is 11.6. The molecule has 19 heavy (non-hydrogen) atoms. The van der Waals surface area contributed by atoms with Crippen molar-refractivity contribution in [1.29, 1.82) is 0 Å². The van der Waals surface area contributed by atoms with Crippen molar-refractivity contribution in [2.75, 3.05) is 32.2 Å². The predicted molar refractivity (Wildman–Crippen MR) is 70.9 cm³/mol. The lowest BCUT2D eigenvalue weighted by Crippen LogP contribution is -2.24. The summed E-state index contributed by atoms with van der Waals surface area (Å²) in [5, 5.41) is 0. The van der Waals surface area contributed by atoms with Crippen LogP contribution in [-0.2, 0) is 14.3 Å². The molecule has 1 aliphatic rings. The molecule has 0 unspecified atom stereocenters. The van der Waals surface area contributed by atoms with Gasteiger partial charge in [0.25, 0.3) is 0 Å². The summed E-state index contributed by atoms with van der Waals surface area (Å²) in [7, 11) is 0. The van der Waals surface area contributed by atoms with E-state index in [1.165, 1.54) is 0 Å². The minimum Gasteiger partial charge on any atom is -0.480 e. The van der Waals surface area contributed by atoms with Crippen molar-refractivity contribution in [2.24, 2.45) is 5.92 Å². The zero-order valence-electron chi connectivity index (χ0n) is 10.8. The van der Waals surface area contributed by atoms with Gasteiger partial charge in [-0.1, -0.05) is 12.1 Å². The summed E-state index contributed by atoms with van der Waals surface area (Å²) in [5.74, 6) is 0.541. The summed E-state index contributed by atoms with van der Waals surface area (Å²) in [5.41, 5.74) is 6.22. The van der Waals surface area contributed by atoms with E-state index in [-0.39, 0.29) is 12.6 Å². The number of esters is 1. The van der Waals surface area contributed by atoms with Crippen molar-refractivity contribution in [3.05, 3.63) is 24.3 Å². The molecule has 0 aromatic heterocycles. The smallest absolute Gasteiger partial charge is 0.344 e. The van der Waals surface area contributed by atoms with Crippen LogP contribution in [-0.4, -0.2) is 32.4 Å². The zero-order chi connectivity index (χ0) is 13.5. The fourth-order valence-corrected chi connectivity index (χ4v) is 1.91. The Morgan fingerprint density at radius 3 is 2.79 bits per heavy atom. The highest BCUT2D eigenvalue weighted by Crippen LogP contribution is 2.19. The number of carbonyl (C=O) groups is 1. The minimum absolute atomic E-state index is 0.114. The quantitative estimate of drug-likeness (QED) is 0.647. The molecule has 0 spiro atoms. The first-order valence-electron chi connectivity index (χ1n) is 6.46. The summed E-state index contributed by atoms with van der Waals surface area (Å²) in [6.45, 7) is 1.83. The largest absolute Gasteiger partial charge is 0.480 e. The number of rotatable bonds is 5. The molecule has 0 atom stereocenters. The van der Waals surface area contributed by atoms with E-state index < -0.39 is 0 Å². The van der Waals surface area contributed by atoms with Crippen LogP contribution in [0.15, 0.2) is 24.3 Å². The molecular weight excluding hydrogens is 246 g/mol.